The minimum absolute atomic E-state index is 0.0760. The van der Waals surface area contributed by atoms with Gasteiger partial charge in [-0.1, -0.05) is 30.3 Å². The van der Waals surface area contributed by atoms with Gasteiger partial charge < -0.3 is 47.3 Å². The van der Waals surface area contributed by atoms with Crippen molar-refractivity contribution in [1.29, 1.82) is 0 Å². The number of imidazole rings is 1. The van der Waals surface area contributed by atoms with Gasteiger partial charge in [-0.2, -0.15) is 0 Å². The molecule has 1 aromatic heterocycles. The summed E-state index contributed by atoms with van der Waals surface area (Å²) in [6.07, 6.45) is 6.27. The van der Waals surface area contributed by atoms with Gasteiger partial charge in [0.2, 0.25) is 29.5 Å². The minimum Gasteiger partial charge on any atom is -0.480 e. The van der Waals surface area contributed by atoms with Gasteiger partial charge in [-0.05, 0) is 57.1 Å². The third kappa shape index (κ3) is 10.1. The Bertz CT molecular complexity index is 1440. The van der Waals surface area contributed by atoms with Gasteiger partial charge in [0.05, 0.1) is 12.9 Å². The molecule has 266 valence electrons. The van der Waals surface area contributed by atoms with Crippen LogP contribution in [0.3, 0.4) is 0 Å². The summed E-state index contributed by atoms with van der Waals surface area (Å²) in [6, 6.07) is 4.08. The Hall–Kier alpha value is -4.83. The zero-order chi connectivity index (χ0) is 35.3. The number of nitrogens with two attached hydrogens (primary N) is 2. The lowest BCUT2D eigenvalue weighted by molar-refractivity contribution is -0.149. The number of H-pyrrole nitrogens is 1. The van der Waals surface area contributed by atoms with E-state index in [-0.39, 0.29) is 38.9 Å². The van der Waals surface area contributed by atoms with Crippen molar-refractivity contribution in [1.82, 2.24) is 35.7 Å². The third-order valence-corrected chi connectivity index (χ3v) is 8.93. The van der Waals surface area contributed by atoms with Crippen molar-refractivity contribution in [3.05, 3.63) is 54.1 Å². The van der Waals surface area contributed by atoms with Crippen LogP contribution in [0.5, 0.6) is 0 Å². The van der Waals surface area contributed by atoms with Crippen LogP contribution in [-0.4, -0.2) is 117 Å². The summed E-state index contributed by atoms with van der Waals surface area (Å²) >= 11 is 0. The zero-order valence-corrected chi connectivity index (χ0v) is 27.5. The Morgan fingerprint density at radius 1 is 0.857 bits per heavy atom. The molecule has 9 N–H and O–H groups in total. The first-order valence-electron chi connectivity index (χ1n) is 16.8. The molecule has 2 fully saturated rings. The number of aromatic nitrogens is 2. The largest absolute Gasteiger partial charge is 0.480 e. The Balaban J connectivity index is 1.52. The van der Waals surface area contributed by atoms with Gasteiger partial charge >= 0.3 is 5.97 Å². The highest BCUT2D eigenvalue weighted by Gasteiger charge is 2.42. The fourth-order valence-electron chi connectivity index (χ4n) is 6.41. The molecule has 49 heavy (non-hydrogen) atoms. The highest BCUT2D eigenvalue weighted by Crippen LogP contribution is 2.23. The first-order chi connectivity index (χ1) is 23.6. The SMILES string of the molecule is NCCCCC(NC(=O)C(Cc1cnc[nH]1)NC(=O)CN)C(=O)N1CCCC1C(=O)NC(Cc1ccccc1)C(=O)N1CCCC1C(=O)O. The van der Waals surface area contributed by atoms with Crippen LogP contribution >= 0.6 is 0 Å². The number of carbonyl (C=O) groups excluding carboxylic acids is 5. The highest BCUT2D eigenvalue weighted by atomic mass is 16.4. The molecule has 0 saturated carbocycles. The van der Waals surface area contributed by atoms with Gasteiger partial charge in [0.15, 0.2) is 0 Å². The molecule has 0 spiro atoms. The van der Waals surface area contributed by atoms with Crippen LogP contribution in [0.4, 0.5) is 0 Å². The minimum atomic E-state index is -1.10. The van der Waals surface area contributed by atoms with Gasteiger partial charge in [0.1, 0.15) is 30.2 Å². The molecule has 0 aliphatic carbocycles. The molecule has 2 aliphatic heterocycles. The van der Waals surface area contributed by atoms with E-state index in [2.05, 4.69) is 25.9 Å². The van der Waals surface area contributed by atoms with Crippen LogP contribution < -0.4 is 27.4 Å². The first-order valence-corrected chi connectivity index (χ1v) is 16.8. The number of unbranched alkanes of at least 4 members (excludes halogenated alkanes) is 1. The lowest BCUT2D eigenvalue weighted by atomic mass is 10.0. The van der Waals surface area contributed by atoms with Crippen LogP contribution in [0.15, 0.2) is 42.9 Å². The zero-order valence-electron chi connectivity index (χ0n) is 27.5. The van der Waals surface area contributed by atoms with Crippen molar-refractivity contribution in [2.75, 3.05) is 26.2 Å². The molecule has 0 radical (unpaired) electrons. The monoisotopic (exact) mass is 681 g/mol. The standard InChI is InChI=1S/C33H47N9O7/c34-13-5-4-10-23(39-29(44)24(38-28(43)18-35)17-22-19-36-20-37-22)31(46)41-14-6-11-26(41)30(45)40-25(16-21-8-2-1-3-9-21)32(47)42-15-7-12-27(42)33(48)49/h1-3,8-9,19-20,23-27H,4-7,10-18,34-35H2,(H,36,37)(H,38,43)(H,39,44)(H,40,45)(H,48,49). The number of hydrogen-bond acceptors (Lipinski definition) is 9. The Labute approximate surface area is 284 Å². The van der Waals surface area contributed by atoms with Crippen molar-refractivity contribution >= 4 is 35.5 Å². The number of benzene rings is 1. The maximum Gasteiger partial charge on any atom is 0.326 e. The molecule has 5 amide bonds. The second kappa shape index (κ2) is 18.1. The van der Waals surface area contributed by atoms with E-state index in [0.717, 1.165) is 5.56 Å². The number of aliphatic carboxylic acids is 1. The smallest absolute Gasteiger partial charge is 0.326 e. The molecule has 2 aliphatic rings. The summed E-state index contributed by atoms with van der Waals surface area (Å²) < 4.78 is 0. The van der Waals surface area contributed by atoms with Gasteiger partial charge in [0, 0.05) is 37.8 Å². The van der Waals surface area contributed by atoms with E-state index in [1.54, 1.807) is 0 Å². The molecule has 2 saturated heterocycles. The van der Waals surface area contributed by atoms with E-state index in [0.29, 0.717) is 50.8 Å². The summed E-state index contributed by atoms with van der Waals surface area (Å²) in [6.45, 7) is 0.572. The second-order valence-corrected chi connectivity index (χ2v) is 12.4. The molecule has 3 heterocycles. The average Bonchev–Trinajstić information content (AvgIpc) is 3.90. The summed E-state index contributed by atoms with van der Waals surface area (Å²) in [5, 5.41) is 17.9. The van der Waals surface area contributed by atoms with Crippen LogP contribution in [0.2, 0.25) is 0 Å². The Kier molecular flexibility index (Phi) is 13.6. The normalized spacial score (nSPS) is 19.1. The van der Waals surface area contributed by atoms with Gasteiger partial charge in [-0.15, -0.1) is 0 Å². The fraction of sp³-hybridized carbons (Fsp3) is 0.545. The van der Waals surface area contributed by atoms with E-state index >= 15 is 0 Å². The summed E-state index contributed by atoms with van der Waals surface area (Å²) in [5.74, 6) is -3.75. The summed E-state index contributed by atoms with van der Waals surface area (Å²) in [5.41, 5.74) is 12.5. The maximum absolute atomic E-state index is 14.1. The molecule has 16 nitrogen and oxygen atoms in total. The predicted molar refractivity (Wildman–Crippen MR) is 177 cm³/mol. The van der Waals surface area contributed by atoms with Crippen molar-refractivity contribution in [3.8, 4) is 0 Å². The number of nitrogens with one attached hydrogen (secondary N) is 4. The lowest BCUT2D eigenvalue weighted by Gasteiger charge is -2.32. The first kappa shape index (κ1) is 37.0. The van der Waals surface area contributed by atoms with Gasteiger partial charge in [-0.3, -0.25) is 24.0 Å². The van der Waals surface area contributed by atoms with Crippen LogP contribution in [0.25, 0.3) is 0 Å². The van der Waals surface area contributed by atoms with Crippen molar-refractivity contribution < 1.29 is 33.9 Å². The number of nitrogens with zero attached hydrogens (tertiary/aromatic N) is 3. The fourth-order valence-corrected chi connectivity index (χ4v) is 6.41. The molecule has 5 atom stereocenters. The van der Waals surface area contributed by atoms with Crippen molar-refractivity contribution in [2.45, 2.75) is 88.0 Å². The number of hydrogen-bond donors (Lipinski definition) is 7. The Morgan fingerprint density at radius 3 is 2.16 bits per heavy atom. The number of likely N-dealkylation sites (tertiary alicyclic amines) is 2. The number of rotatable bonds is 17. The molecule has 1 aromatic carbocycles. The molecule has 2 aromatic rings. The van der Waals surface area contributed by atoms with E-state index in [4.69, 9.17) is 11.5 Å². The van der Waals surface area contributed by atoms with Crippen molar-refractivity contribution in [3.63, 3.8) is 0 Å². The van der Waals surface area contributed by atoms with E-state index in [9.17, 15) is 33.9 Å². The number of carbonyl (C=O) groups is 6. The summed E-state index contributed by atoms with van der Waals surface area (Å²) in [7, 11) is 0. The van der Waals surface area contributed by atoms with E-state index in [1.807, 2.05) is 30.3 Å². The number of aromatic amines is 1. The second-order valence-electron chi connectivity index (χ2n) is 12.4. The molecule has 0 bridgehead atoms. The maximum atomic E-state index is 14.1. The molecule has 16 heteroatoms. The molecular weight excluding hydrogens is 634 g/mol. The third-order valence-electron chi connectivity index (χ3n) is 8.93. The van der Waals surface area contributed by atoms with Gasteiger partial charge in [-0.25, -0.2) is 9.78 Å². The molecule has 5 unspecified atom stereocenters. The quantitative estimate of drug-likeness (QED) is 0.0984. The number of carboxylic acid groups (broad SMARTS) is 1. The van der Waals surface area contributed by atoms with Crippen molar-refractivity contribution in [2.24, 2.45) is 11.5 Å². The number of carboxylic acids is 1. The van der Waals surface area contributed by atoms with Gasteiger partial charge in [0.25, 0.3) is 0 Å². The average molecular weight is 682 g/mol. The van der Waals surface area contributed by atoms with E-state index < -0.39 is 65.7 Å². The Morgan fingerprint density at radius 2 is 1.53 bits per heavy atom. The summed E-state index contributed by atoms with van der Waals surface area (Å²) in [4.78, 5) is 88.9. The highest BCUT2D eigenvalue weighted by molar-refractivity contribution is 5.96. The predicted octanol–water partition coefficient (Wildman–Crippen LogP) is -1.20. The van der Waals surface area contributed by atoms with Crippen LogP contribution in [0.1, 0.15) is 56.2 Å². The van der Waals surface area contributed by atoms with Crippen LogP contribution in [-0.2, 0) is 41.6 Å². The lowest BCUT2D eigenvalue weighted by Crippen LogP contribution is -2.59. The molecular formula is C33H47N9O7. The number of amides is 5. The topological polar surface area (TPSA) is 246 Å². The van der Waals surface area contributed by atoms with E-state index in [1.165, 1.54) is 22.3 Å². The van der Waals surface area contributed by atoms with Crippen LogP contribution in [0, 0.1) is 0 Å². The molecule has 4 rings (SSSR count).